The molecule has 0 radical (unpaired) electrons. The average molecular weight is 376 g/mol. The molecule has 1 atom stereocenters. The summed E-state index contributed by atoms with van der Waals surface area (Å²) in [6, 6.07) is 10.4. The van der Waals surface area contributed by atoms with Gasteiger partial charge in [0, 0.05) is 5.69 Å². The number of anilines is 1. The van der Waals surface area contributed by atoms with E-state index in [4.69, 9.17) is 21.1 Å². The summed E-state index contributed by atoms with van der Waals surface area (Å²) in [7, 11) is 0. The van der Waals surface area contributed by atoms with Gasteiger partial charge in [-0.25, -0.2) is 4.79 Å². The van der Waals surface area contributed by atoms with Gasteiger partial charge in [0.2, 0.25) is 0 Å². The maximum atomic E-state index is 12.4. The minimum Gasteiger partial charge on any atom is -0.481 e. The van der Waals surface area contributed by atoms with Crippen LogP contribution in [0.25, 0.3) is 0 Å². The van der Waals surface area contributed by atoms with Crippen molar-refractivity contribution in [3.8, 4) is 5.75 Å². The predicted octanol–water partition coefficient (Wildman–Crippen LogP) is 4.54. The zero-order valence-electron chi connectivity index (χ0n) is 15.3. The van der Waals surface area contributed by atoms with Gasteiger partial charge in [-0.05, 0) is 57.5 Å². The van der Waals surface area contributed by atoms with Gasteiger partial charge in [-0.1, -0.05) is 29.3 Å². The second kappa shape index (κ2) is 8.72. The molecule has 0 aliphatic heterocycles. The third-order valence-corrected chi connectivity index (χ3v) is 4.05. The van der Waals surface area contributed by atoms with Crippen molar-refractivity contribution in [1.82, 2.24) is 0 Å². The number of rotatable bonds is 6. The summed E-state index contributed by atoms with van der Waals surface area (Å²) in [5.41, 5.74) is 2.82. The third kappa shape index (κ3) is 4.99. The van der Waals surface area contributed by atoms with E-state index in [1.165, 1.54) is 12.1 Å². The minimum atomic E-state index is -0.695. The van der Waals surface area contributed by atoms with Crippen molar-refractivity contribution < 1.29 is 19.1 Å². The maximum Gasteiger partial charge on any atom is 0.339 e. The van der Waals surface area contributed by atoms with Crippen molar-refractivity contribution in [3.63, 3.8) is 0 Å². The standard InChI is InChI=1S/C20H22ClNO4/c1-5-25-20(24)16-8-7-15(11-17(16)21)22-19(23)14(4)26-18-9-6-12(2)10-13(18)3/h6-11,14H,5H2,1-4H3,(H,22,23)/t14-/m0/s1. The summed E-state index contributed by atoms with van der Waals surface area (Å²) in [5, 5.41) is 2.94. The molecule has 0 bridgehead atoms. The van der Waals surface area contributed by atoms with E-state index in [1.54, 1.807) is 19.9 Å². The average Bonchev–Trinajstić information content (AvgIpc) is 2.57. The van der Waals surface area contributed by atoms with Gasteiger partial charge in [-0.2, -0.15) is 0 Å². The summed E-state index contributed by atoms with van der Waals surface area (Å²) < 4.78 is 10.7. The van der Waals surface area contributed by atoms with Crippen LogP contribution in [0.2, 0.25) is 5.02 Å². The van der Waals surface area contributed by atoms with E-state index < -0.39 is 12.1 Å². The molecule has 0 aliphatic rings. The molecular weight excluding hydrogens is 354 g/mol. The van der Waals surface area contributed by atoms with Crippen molar-refractivity contribution in [2.45, 2.75) is 33.8 Å². The van der Waals surface area contributed by atoms with Gasteiger partial charge in [-0.15, -0.1) is 0 Å². The molecule has 138 valence electrons. The number of hydrogen-bond donors (Lipinski definition) is 1. The Morgan fingerprint density at radius 2 is 1.88 bits per heavy atom. The predicted molar refractivity (Wildman–Crippen MR) is 102 cm³/mol. The molecule has 0 unspecified atom stereocenters. The van der Waals surface area contributed by atoms with Gasteiger partial charge >= 0.3 is 5.97 Å². The molecule has 2 aromatic carbocycles. The second-order valence-corrected chi connectivity index (χ2v) is 6.34. The van der Waals surface area contributed by atoms with Crippen molar-refractivity contribution >= 4 is 29.2 Å². The van der Waals surface area contributed by atoms with Gasteiger partial charge in [-0.3, -0.25) is 4.79 Å². The lowest BCUT2D eigenvalue weighted by Gasteiger charge is -2.17. The Kier molecular flexibility index (Phi) is 6.64. The number of hydrogen-bond acceptors (Lipinski definition) is 4. The molecule has 1 N–H and O–H groups in total. The number of carbonyl (C=O) groups is 2. The fourth-order valence-electron chi connectivity index (χ4n) is 2.39. The number of carbonyl (C=O) groups excluding carboxylic acids is 2. The van der Waals surface area contributed by atoms with E-state index in [0.29, 0.717) is 11.4 Å². The molecule has 2 aromatic rings. The van der Waals surface area contributed by atoms with E-state index in [-0.39, 0.29) is 23.1 Å². The van der Waals surface area contributed by atoms with Crippen LogP contribution < -0.4 is 10.1 Å². The lowest BCUT2D eigenvalue weighted by molar-refractivity contribution is -0.122. The highest BCUT2D eigenvalue weighted by Gasteiger charge is 2.17. The number of ether oxygens (including phenoxy) is 2. The summed E-state index contributed by atoms with van der Waals surface area (Å²) in [5.74, 6) is -0.152. The van der Waals surface area contributed by atoms with Crippen molar-refractivity contribution in [2.75, 3.05) is 11.9 Å². The maximum absolute atomic E-state index is 12.4. The molecule has 0 aromatic heterocycles. The zero-order chi connectivity index (χ0) is 19.3. The van der Waals surface area contributed by atoms with Gasteiger partial charge in [0.05, 0.1) is 17.2 Å². The highest BCUT2D eigenvalue weighted by atomic mass is 35.5. The van der Waals surface area contributed by atoms with Crippen LogP contribution in [0.5, 0.6) is 5.75 Å². The first kappa shape index (κ1) is 19.8. The van der Waals surface area contributed by atoms with Crippen molar-refractivity contribution in [2.24, 2.45) is 0 Å². The molecule has 0 heterocycles. The fourth-order valence-corrected chi connectivity index (χ4v) is 2.64. The normalized spacial score (nSPS) is 11.6. The molecule has 2 rings (SSSR count). The smallest absolute Gasteiger partial charge is 0.339 e. The Balaban J connectivity index is 2.04. The van der Waals surface area contributed by atoms with Crippen LogP contribution in [0.4, 0.5) is 5.69 Å². The summed E-state index contributed by atoms with van der Waals surface area (Å²) in [6.07, 6.45) is -0.695. The first-order chi connectivity index (χ1) is 12.3. The molecule has 5 nitrogen and oxygen atoms in total. The molecule has 0 aliphatic carbocycles. The van der Waals surface area contributed by atoms with E-state index in [0.717, 1.165) is 11.1 Å². The Morgan fingerprint density at radius 1 is 1.15 bits per heavy atom. The SMILES string of the molecule is CCOC(=O)c1ccc(NC(=O)[C@H](C)Oc2ccc(C)cc2C)cc1Cl. The van der Waals surface area contributed by atoms with Crippen LogP contribution in [-0.2, 0) is 9.53 Å². The molecule has 0 saturated heterocycles. The van der Waals surface area contributed by atoms with Crippen LogP contribution in [-0.4, -0.2) is 24.6 Å². The zero-order valence-corrected chi connectivity index (χ0v) is 16.0. The second-order valence-electron chi connectivity index (χ2n) is 5.93. The molecule has 6 heteroatoms. The van der Waals surface area contributed by atoms with Crippen molar-refractivity contribution in [1.29, 1.82) is 0 Å². The largest absolute Gasteiger partial charge is 0.481 e. The monoisotopic (exact) mass is 375 g/mol. The first-order valence-electron chi connectivity index (χ1n) is 8.33. The lowest BCUT2D eigenvalue weighted by atomic mass is 10.1. The Labute approximate surface area is 158 Å². The molecular formula is C20H22ClNO4. The molecule has 0 spiro atoms. The molecule has 1 amide bonds. The van der Waals surface area contributed by atoms with E-state index >= 15 is 0 Å². The quantitative estimate of drug-likeness (QED) is 0.753. The number of amides is 1. The van der Waals surface area contributed by atoms with Crippen molar-refractivity contribution in [3.05, 3.63) is 58.1 Å². The summed E-state index contributed by atoms with van der Waals surface area (Å²) in [6.45, 7) is 7.58. The third-order valence-electron chi connectivity index (χ3n) is 3.74. The van der Waals surface area contributed by atoms with E-state index in [2.05, 4.69) is 5.32 Å². The highest BCUT2D eigenvalue weighted by molar-refractivity contribution is 6.34. The first-order valence-corrected chi connectivity index (χ1v) is 8.71. The number of halogens is 1. The number of esters is 1. The van der Waals surface area contributed by atoms with E-state index in [1.807, 2.05) is 32.0 Å². The van der Waals surface area contributed by atoms with Crippen LogP contribution >= 0.6 is 11.6 Å². The lowest BCUT2D eigenvalue weighted by Crippen LogP contribution is -2.30. The Hall–Kier alpha value is -2.53. The Morgan fingerprint density at radius 3 is 2.50 bits per heavy atom. The number of aryl methyl sites for hydroxylation is 2. The molecule has 0 fully saturated rings. The van der Waals surface area contributed by atoms with Crippen LogP contribution in [0.3, 0.4) is 0 Å². The number of benzene rings is 2. The fraction of sp³-hybridized carbons (Fsp3) is 0.300. The van der Waals surface area contributed by atoms with Gasteiger partial charge in [0.15, 0.2) is 6.10 Å². The van der Waals surface area contributed by atoms with E-state index in [9.17, 15) is 9.59 Å². The van der Waals surface area contributed by atoms with Crippen LogP contribution in [0, 0.1) is 13.8 Å². The highest BCUT2D eigenvalue weighted by Crippen LogP contribution is 2.23. The van der Waals surface area contributed by atoms with Gasteiger partial charge < -0.3 is 14.8 Å². The van der Waals surface area contributed by atoms with Crippen LogP contribution in [0.1, 0.15) is 35.3 Å². The molecule has 26 heavy (non-hydrogen) atoms. The Bertz CT molecular complexity index is 819. The topological polar surface area (TPSA) is 64.6 Å². The van der Waals surface area contributed by atoms with Gasteiger partial charge in [0.1, 0.15) is 5.75 Å². The molecule has 0 saturated carbocycles. The summed E-state index contributed by atoms with van der Waals surface area (Å²) in [4.78, 5) is 24.1. The van der Waals surface area contributed by atoms with Gasteiger partial charge in [0.25, 0.3) is 5.91 Å². The number of nitrogens with one attached hydrogen (secondary N) is 1. The van der Waals surface area contributed by atoms with Crippen LogP contribution in [0.15, 0.2) is 36.4 Å². The minimum absolute atomic E-state index is 0.212. The summed E-state index contributed by atoms with van der Waals surface area (Å²) >= 11 is 6.10.